The number of nitrogens with two attached hydrogens (primary N) is 1. The third-order valence-electron chi connectivity index (χ3n) is 5.47. The lowest BCUT2D eigenvalue weighted by Crippen LogP contribution is -2.36. The number of aromatic nitrogens is 3. The smallest absolute Gasteiger partial charge is 0.475 e. The number of rotatable bonds is 3. The molecule has 15 heteroatoms. The number of hydrogen-bond acceptors (Lipinski definition) is 8. The van der Waals surface area contributed by atoms with E-state index in [0.717, 1.165) is 6.07 Å². The molecule has 0 radical (unpaired) electrons. The summed E-state index contributed by atoms with van der Waals surface area (Å²) in [6.45, 7) is 0.921. The fourth-order valence-electron chi connectivity index (χ4n) is 3.77. The number of fused-ring (bicyclic) bond motifs is 1. The Morgan fingerprint density at radius 3 is 2.22 bits per heavy atom. The number of carboxylic acid groups (broad SMARTS) is 1. The van der Waals surface area contributed by atoms with Gasteiger partial charge in [0.1, 0.15) is 5.82 Å². The van der Waals surface area contributed by atoms with E-state index in [4.69, 9.17) is 15.6 Å². The van der Waals surface area contributed by atoms with Crippen LogP contribution >= 0.6 is 0 Å². The molecule has 1 aliphatic rings. The van der Waals surface area contributed by atoms with Crippen LogP contribution in [0.15, 0.2) is 30.3 Å². The molecule has 0 amide bonds. The van der Waals surface area contributed by atoms with Crippen molar-refractivity contribution < 1.29 is 41.4 Å². The Labute approximate surface area is 206 Å². The Morgan fingerprint density at radius 2 is 1.68 bits per heavy atom. The monoisotopic (exact) mass is 532 g/mol. The van der Waals surface area contributed by atoms with Gasteiger partial charge < -0.3 is 26.2 Å². The van der Waals surface area contributed by atoms with Gasteiger partial charge in [-0.25, -0.2) is 9.78 Å². The Bertz CT molecular complexity index is 1280. The number of piperidine rings is 1. The first-order valence-electron chi connectivity index (χ1n) is 10.8. The number of carbonyl (C=O) groups is 1. The van der Waals surface area contributed by atoms with Crippen molar-refractivity contribution in [3.05, 3.63) is 35.9 Å². The molecular weight excluding hydrogens is 510 g/mol. The Kier molecular flexibility index (Phi) is 7.95. The largest absolute Gasteiger partial charge is 0.490 e. The van der Waals surface area contributed by atoms with Crippen LogP contribution in [0, 0.1) is 0 Å². The van der Waals surface area contributed by atoms with Crippen LogP contribution in [0.5, 0.6) is 0 Å². The van der Waals surface area contributed by atoms with Gasteiger partial charge in [0.2, 0.25) is 5.95 Å². The molecule has 3 heterocycles. The SMILES string of the molecule is CNc1nc(N)nc2nc(-c3c(N4CCC(O)CC4)cccc3C(F)(F)F)ccc12.O=C(O)C(F)(F)F. The first kappa shape index (κ1) is 27.7. The highest BCUT2D eigenvalue weighted by Crippen LogP contribution is 2.42. The summed E-state index contributed by atoms with van der Waals surface area (Å²) in [6.07, 6.45) is -9.08. The number of halogens is 6. The van der Waals surface area contributed by atoms with Gasteiger partial charge >= 0.3 is 18.3 Å². The van der Waals surface area contributed by atoms with Crippen molar-refractivity contribution in [3.63, 3.8) is 0 Å². The minimum atomic E-state index is -5.08. The molecule has 0 spiro atoms. The van der Waals surface area contributed by atoms with E-state index in [1.807, 2.05) is 4.90 Å². The molecule has 0 aliphatic carbocycles. The first-order chi connectivity index (χ1) is 17.2. The minimum Gasteiger partial charge on any atom is -0.475 e. The molecule has 0 saturated carbocycles. The molecular formula is C22H22F6N6O3. The van der Waals surface area contributed by atoms with Gasteiger partial charge in [0.05, 0.1) is 22.7 Å². The molecule has 9 nitrogen and oxygen atoms in total. The topological polar surface area (TPSA) is 137 Å². The summed E-state index contributed by atoms with van der Waals surface area (Å²) in [5, 5.41) is 20.4. The number of nitrogen functional groups attached to an aromatic ring is 1. The second-order valence-electron chi connectivity index (χ2n) is 7.97. The fraction of sp³-hybridized carbons (Fsp3) is 0.364. The molecule has 2 aromatic heterocycles. The van der Waals surface area contributed by atoms with Crippen molar-refractivity contribution >= 4 is 34.5 Å². The summed E-state index contributed by atoms with van der Waals surface area (Å²) in [5.74, 6) is -2.33. The molecule has 4 rings (SSSR count). The number of alkyl halides is 6. The van der Waals surface area contributed by atoms with E-state index >= 15 is 0 Å². The highest BCUT2D eigenvalue weighted by molar-refractivity contribution is 5.90. The van der Waals surface area contributed by atoms with Gasteiger partial charge in [-0.1, -0.05) is 6.07 Å². The van der Waals surface area contributed by atoms with Gasteiger partial charge in [-0.15, -0.1) is 0 Å². The molecule has 3 aromatic rings. The van der Waals surface area contributed by atoms with Crippen LogP contribution in [0.25, 0.3) is 22.3 Å². The zero-order valence-electron chi connectivity index (χ0n) is 19.2. The Hall–Kier alpha value is -3.88. The second kappa shape index (κ2) is 10.6. The summed E-state index contributed by atoms with van der Waals surface area (Å²) < 4.78 is 73.4. The van der Waals surface area contributed by atoms with Gasteiger partial charge in [-0.2, -0.15) is 36.3 Å². The zero-order chi connectivity index (χ0) is 27.5. The van der Waals surface area contributed by atoms with Gasteiger partial charge in [0.15, 0.2) is 5.65 Å². The van der Waals surface area contributed by atoms with E-state index < -0.39 is 30.0 Å². The van der Waals surface area contributed by atoms with Crippen LogP contribution in [0.1, 0.15) is 18.4 Å². The average molecular weight is 532 g/mol. The lowest BCUT2D eigenvalue weighted by molar-refractivity contribution is -0.192. The molecule has 37 heavy (non-hydrogen) atoms. The zero-order valence-corrected chi connectivity index (χ0v) is 19.2. The van der Waals surface area contributed by atoms with Crippen LogP contribution in [-0.4, -0.2) is 63.6 Å². The number of nitrogens with zero attached hydrogens (tertiary/aromatic N) is 4. The van der Waals surface area contributed by atoms with Crippen LogP contribution < -0.4 is 16.0 Å². The molecule has 200 valence electrons. The van der Waals surface area contributed by atoms with E-state index in [-0.39, 0.29) is 22.9 Å². The minimum absolute atomic E-state index is 0.00789. The molecule has 1 fully saturated rings. The maximum atomic E-state index is 13.9. The van der Waals surface area contributed by atoms with Crippen LogP contribution in [-0.2, 0) is 11.0 Å². The maximum Gasteiger partial charge on any atom is 0.490 e. The number of hydrogen-bond donors (Lipinski definition) is 4. The first-order valence-corrected chi connectivity index (χ1v) is 10.8. The lowest BCUT2D eigenvalue weighted by atomic mass is 9.98. The summed E-state index contributed by atoms with van der Waals surface area (Å²) in [7, 11) is 1.66. The highest BCUT2D eigenvalue weighted by Gasteiger charge is 2.38. The Balaban J connectivity index is 0.000000479. The van der Waals surface area contributed by atoms with Crippen molar-refractivity contribution in [1.29, 1.82) is 0 Å². The summed E-state index contributed by atoms with van der Waals surface area (Å²) in [6, 6.07) is 7.28. The third-order valence-corrected chi connectivity index (χ3v) is 5.47. The highest BCUT2D eigenvalue weighted by atomic mass is 19.4. The van der Waals surface area contributed by atoms with Gasteiger partial charge in [0.25, 0.3) is 0 Å². The van der Waals surface area contributed by atoms with Crippen LogP contribution in [0.4, 0.5) is 43.8 Å². The normalized spacial score (nSPS) is 14.8. The van der Waals surface area contributed by atoms with E-state index in [1.165, 1.54) is 12.1 Å². The Morgan fingerprint density at radius 1 is 1.05 bits per heavy atom. The van der Waals surface area contributed by atoms with E-state index in [0.29, 0.717) is 42.8 Å². The maximum absolute atomic E-state index is 13.9. The predicted octanol–water partition coefficient (Wildman–Crippen LogP) is 3.93. The molecule has 5 N–H and O–H groups in total. The predicted molar refractivity (Wildman–Crippen MR) is 123 cm³/mol. The van der Waals surface area contributed by atoms with Crippen LogP contribution in [0.3, 0.4) is 0 Å². The molecule has 0 unspecified atom stereocenters. The summed E-state index contributed by atoms with van der Waals surface area (Å²) >= 11 is 0. The fourth-order valence-corrected chi connectivity index (χ4v) is 3.77. The quantitative estimate of drug-likeness (QED) is 0.370. The number of aliphatic hydroxyl groups excluding tert-OH is 1. The number of aliphatic hydroxyl groups is 1. The third kappa shape index (κ3) is 6.47. The average Bonchev–Trinajstić information content (AvgIpc) is 2.82. The summed E-state index contributed by atoms with van der Waals surface area (Å²) in [4.78, 5) is 23.3. The number of nitrogens with one attached hydrogen (secondary N) is 1. The molecule has 1 aromatic carbocycles. The van der Waals surface area contributed by atoms with Gasteiger partial charge in [-0.05, 0) is 37.1 Å². The molecule has 0 bridgehead atoms. The van der Waals surface area contributed by atoms with Crippen molar-refractivity contribution in [2.45, 2.75) is 31.3 Å². The van der Waals surface area contributed by atoms with Crippen molar-refractivity contribution in [1.82, 2.24) is 15.0 Å². The van der Waals surface area contributed by atoms with Crippen molar-refractivity contribution in [2.24, 2.45) is 0 Å². The number of anilines is 3. The van der Waals surface area contributed by atoms with Gasteiger partial charge in [-0.3, -0.25) is 0 Å². The van der Waals surface area contributed by atoms with E-state index in [1.54, 1.807) is 19.2 Å². The number of aliphatic carboxylic acids is 1. The van der Waals surface area contributed by atoms with E-state index in [9.17, 15) is 31.4 Å². The number of pyridine rings is 1. The van der Waals surface area contributed by atoms with Crippen molar-refractivity contribution in [3.8, 4) is 11.3 Å². The molecule has 1 saturated heterocycles. The summed E-state index contributed by atoms with van der Waals surface area (Å²) in [5.41, 5.74) is 5.75. The number of carboxylic acids is 1. The van der Waals surface area contributed by atoms with Gasteiger partial charge in [0, 0.05) is 31.4 Å². The van der Waals surface area contributed by atoms with E-state index in [2.05, 4.69) is 20.3 Å². The van der Waals surface area contributed by atoms with Crippen molar-refractivity contribution in [2.75, 3.05) is 36.1 Å². The van der Waals surface area contributed by atoms with Crippen LogP contribution in [0.2, 0.25) is 0 Å². The molecule has 0 atom stereocenters. The lowest BCUT2D eigenvalue weighted by Gasteiger charge is -2.33. The number of benzene rings is 1. The molecule has 1 aliphatic heterocycles. The second-order valence-corrected chi connectivity index (χ2v) is 7.97. The standard InChI is InChI=1S/C20H21F3N6O.C2HF3O2/c1-25-17-12-5-6-14(26-18(12)28-19(24)27-17)16-13(20(21,22)23)3-2-4-15(16)29-9-7-11(30)8-10-29;3-2(4,5)1(6)7/h2-6,11,30H,7-10H2,1H3,(H3,24,25,26,27,28);(H,6,7).